The maximum absolute atomic E-state index is 4.28. The lowest BCUT2D eigenvalue weighted by Crippen LogP contribution is -1.81. The fourth-order valence-corrected chi connectivity index (χ4v) is 8.17. The monoisotopic (exact) mass is 1010 g/mol. The van der Waals surface area contributed by atoms with Crippen molar-refractivity contribution in [1.29, 1.82) is 0 Å². The number of hydrogen-bond donors (Lipinski definition) is 0. The van der Waals surface area contributed by atoms with Gasteiger partial charge in [-0.2, -0.15) is 0 Å². The molecule has 9 aromatic carbocycles. The fraction of sp³-hybridized carbons (Fsp3) is 0.0800. The van der Waals surface area contributed by atoms with Crippen molar-refractivity contribution in [2.75, 3.05) is 0 Å². The van der Waals surface area contributed by atoms with Gasteiger partial charge < -0.3 is 0 Å². The first-order valence-electron chi connectivity index (χ1n) is 26.5. The molecule has 0 aliphatic heterocycles. The molecule has 0 saturated carbocycles. The lowest BCUT2D eigenvalue weighted by molar-refractivity contribution is 1.32. The highest BCUT2D eigenvalue weighted by atomic mass is 14.7. The van der Waals surface area contributed by atoms with Gasteiger partial charge in [0.2, 0.25) is 0 Å². The van der Waals surface area contributed by atoms with Crippen LogP contribution in [-0.4, -0.2) is 15.0 Å². The van der Waals surface area contributed by atoms with Crippen LogP contribution < -0.4 is 0 Å². The number of aromatic nitrogens is 3. The summed E-state index contributed by atoms with van der Waals surface area (Å²) >= 11 is 0. The summed E-state index contributed by atoms with van der Waals surface area (Å²) in [6.45, 7) is 12.6. The molecule has 0 atom stereocenters. The van der Waals surface area contributed by atoms with Crippen LogP contribution in [0.3, 0.4) is 0 Å². The molecular formula is C75H69N3. The van der Waals surface area contributed by atoms with E-state index in [9.17, 15) is 0 Å². The van der Waals surface area contributed by atoms with Crippen LogP contribution in [0.2, 0.25) is 0 Å². The molecule has 0 fully saturated rings. The molecule has 78 heavy (non-hydrogen) atoms. The first kappa shape index (κ1) is 56.2. The molecule has 0 amide bonds. The zero-order valence-electron chi connectivity index (χ0n) is 45.8. The highest BCUT2D eigenvalue weighted by Crippen LogP contribution is 2.24. The Balaban J connectivity index is 0.000000136. The SMILES string of the molecule is Cc1ccc(-c2ccccc2)cc1.Cc1ccc(-c2ccccn2)cc1.Cc1ccc(-c2cccnc2)cc1.Cc1ccc(-c2ccncc2)cc1.Cc1cccc(-c2ccccc2)c1.Cc1ccccc1-c1ccccc1. The van der Waals surface area contributed by atoms with E-state index in [1.807, 2.05) is 79.4 Å². The van der Waals surface area contributed by atoms with Gasteiger partial charge in [-0.05, 0) is 133 Å². The largest absolute Gasteiger partial charge is 0.265 e. The van der Waals surface area contributed by atoms with E-state index >= 15 is 0 Å². The smallest absolute Gasteiger partial charge is 0.0701 e. The zero-order valence-corrected chi connectivity index (χ0v) is 45.8. The van der Waals surface area contributed by atoms with Crippen LogP contribution in [0, 0.1) is 41.5 Å². The average molecular weight is 1010 g/mol. The first-order valence-corrected chi connectivity index (χ1v) is 26.5. The molecule has 0 radical (unpaired) electrons. The van der Waals surface area contributed by atoms with Gasteiger partial charge in [-0.25, -0.2) is 0 Å². The summed E-state index contributed by atoms with van der Waals surface area (Å²) in [5, 5.41) is 0. The van der Waals surface area contributed by atoms with Crippen molar-refractivity contribution in [3.05, 3.63) is 343 Å². The zero-order chi connectivity index (χ0) is 54.6. The second kappa shape index (κ2) is 30.7. The molecule has 12 aromatic rings. The van der Waals surface area contributed by atoms with E-state index in [1.54, 1.807) is 6.20 Å². The molecule has 0 bridgehead atoms. The van der Waals surface area contributed by atoms with Crippen LogP contribution >= 0.6 is 0 Å². The Morgan fingerprint density at radius 1 is 0.218 bits per heavy atom. The predicted molar refractivity (Wildman–Crippen MR) is 333 cm³/mol. The molecule has 3 aromatic heterocycles. The molecule has 0 saturated heterocycles. The predicted octanol–water partition coefficient (Wildman–Crippen LogP) is 20.2. The van der Waals surface area contributed by atoms with Gasteiger partial charge >= 0.3 is 0 Å². The van der Waals surface area contributed by atoms with Crippen LogP contribution in [0.1, 0.15) is 33.4 Å². The summed E-state index contributed by atoms with van der Waals surface area (Å²) in [5.74, 6) is 0. The van der Waals surface area contributed by atoms with Crippen LogP contribution in [-0.2, 0) is 0 Å². The maximum Gasteiger partial charge on any atom is 0.0701 e. The summed E-state index contributed by atoms with van der Waals surface area (Å²) in [6.07, 6.45) is 9.11. The van der Waals surface area contributed by atoms with E-state index in [-0.39, 0.29) is 0 Å². The Morgan fingerprint density at radius 2 is 0.615 bits per heavy atom. The van der Waals surface area contributed by atoms with E-state index in [0.717, 1.165) is 5.69 Å². The van der Waals surface area contributed by atoms with Crippen LogP contribution in [0.4, 0.5) is 0 Å². The Kier molecular flexibility index (Phi) is 22.1. The van der Waals surface area contributed by atoms with Crippen molar-refractivity contribution in [3.8, 4) is 66.9 Å². The van der Waals surface area contributed by atoms with Crippen LogP contribution in [0.5, 0.6) is 0 Å². The first-order chi connectivity index (χ1) is 38.2. The Hall–Kier alpha value is -9.57. The number of aryl methyl sites for hydroxylation is 6. The Labute approximate surface area is 464 Å². The van der Waals surface area contributed by atoms with Gasteiger partial charge in [0.15, 0.2) is 0 Å². The Morgan fingerprint density at radius 3 is 1.08 bits per heavy atom. The number of benzene rings is 9. The lowest BCUT2D eigenvalue weighted by Gasteiger charge is -2.04. The van der Waals surface area contributed by atoms with Crippen LogP contribution in [0.25, 0.3) is 66.9 Å². The third-order valence-electron chi connectivity index (χ3n) is 12.6. The van der Waals surface area contributed by atoms with Gasteiger partial charge in [0, 0.05) is 36.5 Å². The molecule has 12 rings (SSSR count). The van der Waals surface area contributed by atoms with E-state index in [0.29, 0.717) is 0 Å². The Bertz CT molecular complexity index is 3210. The third kappa shape index (κ3) is 18.7. The minimum atomic E-state index is 1.03. The summed E-state index contributed by atoms with van der Waals surface area (Å²) in [4.78, 5) is 12.4. The van der Waals surface area contributed by atoms with Gasteiger partial charge in [0.1, 0.15) is 0 Å². The maximum atomic E-state index is 4.28. The number of rotatable bonds is 6. The van der Waals surface area contributed by atoms with Gasteiger partial charge in [-0.1, -0.05) is 277 Å². The minimum absolute atomic E-state index is 1.03. The molecule has 0 N–H and O–H groups in total. The van der Waals surface area contributed by atoms with E-state index < -0.39 is 0 Å². The van der Waals surface area contributed by atoms with Crippen molar-refractivity contribution in [3.63, 3.8) is 0 Å². The quantitative estimate of drug-likeness (QED) is 0.167. The number of pyridine rings is 3. The number of hydrogen-bond acceptors (Lipinski definition) is 3. The van der Waals surface area contributed by atoms with Crippen molar-refractivity contribution in [2.24, 2.45) is 0 Å². The lowest BCUT2D eigenvalue weighted by atomic mass is 10.0. The van der Waals surface area contributed by atoms with E-state index in [2.05, 4.69) is 281 Å². The van der Waals surface area contributed by atoms with Gasteiger partial charge in [-0.15, -0.1) is 0 Å². The molecule has 3 nitrogen and oxygen atoms in total. The molecule has 384 valence electrons. The number of nitrogens with zero attached hydrogens (tertiary/aromatic N) is 3. The average Bonchev–Trinajstić information content (AvgIpc) is 3.51. The molecule has 0 spiro atoms. The van der Waals surface area contributed by atoms with Gasteiger partial charge in [0.05, 0.1) is 5.69 Å². The molecule has 0 unspecified atom stereocenters. The van der Waals surface area contributed by atoms with E-state index in [4.69, 9.17) is 0 Å². The van der Waals surface area contributed by atoms with Crippen molar-refractivity contribution in [1.82, 2.24) is 15.0 Å². The van der Waals surface area contributed by atoms with Crippen LogP contribution in [0.15, 0.2) is 310 Å². The van der Waals surface area contributed by atoms with Crippen molar-refractivity contribution < 1.29 is 0 Å². The standard InChI is InChI=1S/3C13H12.3C12H11N/c1-11-7-5-6-10-13(11)12-8-3-2-4-9-12;1-11-6-5-9-13(10-11)12-7-3-2-4-8-12;1-11-7-9-13(10-8-11)12-5-3-2-4-6-12;1-10-2-4-11(5-3-10)12-6-8-13-9-7-12;1-10-4-6-11(7-5-10)12-3-2-8-13-9-12;1-10-5-7-11(8-6-10)12-4-2-3-9-13-12/h3*2-10H,1H3;3*2-9H,1H3. The summed E-state index contributed by atoms with van der Waals surface area (Å²) in [5.41, 5.74) is 22.6. The molecule has 0 aliphatic rings. The van der Waals surface area contributed by atoms with Crippen molar-refractivity contribution >= 4 is 0 Å². The molecule has 3 heterocycles. The van der Waals surface area contributed by atoms with E-state index in [1.165, 1.54) is 94.6 Å². The summed E-state index contributed by atoms with van der Waals surface area (Å²) in [6, 6.07) is 96.3. The second-order valence-electron chi connectivity index (χ2n) is 18.9. The second-order valence-corrected chi connectivity index (χ2v) is 18.9. The third-order valence-corrected chi connectivity index (χ3v) is 12.6. The van der Waals surface area contributed by atoms with Gasteiger partial charge in [-0.3, -0.25) is 15.0 Å². The topological polar surface area (TPSA) is 38.7 Å². The summed E-state index contributed by atoms with van der Waals surface area (Å²) in [7, 11) is 0. The highest BCUT2D eigenvalue weighted by molar-refractivity contribution is 5.68. The molecule has 3 heteroatoms. The van der Waals surface area contributed by atoms with Crippen molar-refractivity contribution in [2.45, 2.75) is 41.5 Å². The minimum Gasteiger partial charge on any atom is -0.265 e. The summed E-state index contributed by atoms with van der Waals surface area (Å²) < 4.78 is 0. The fourth-order valence-electron chi connectivity index (χ4n) is 8.17. The highest BCUT2D eigenvalue weighted by Gasteiger charge is 2.00. The molecule has 0 aliphatic carbocycles. The molecular weight excluding hydrogens is 943 g/mol. The normalized spacial score (nSPS) is 9.92. The van der Waals surface area contributed by atoms with Gasteiger partial charge in [0.25, 0.3) is 0 Å².